The number of esters is 1. The Hall–Kier alpha value is -3.20. The molecule has 0 bridgehead atoms. The Morgan fingerprint density at radius 3 is 2.39 bits per heavy atom. The molecule has 0 fully saturated rings. The third kappa shape index (κ3) is 5.11. The van der Waals surface area contributed by atoms with Crippen LogP contribution in [0, 0.1) is 0 Å². The van der Waals surface area contributed by atoms with Gasteiger partial charge in [-0.3, -0.25) is 4.79 Å². The quantitative estimate of drug-likeness (QED) is 0.234. The first-order valence-electron chi connectivity index (χ1n) is 9.64. The van der Waals surface area contributed by atoms with Crippen molar-refractivity contribution in [2.45, 2.75) is 13.1 Å². The molecule has 158 valence electrons. The van der Waals surface area contributed by atoms with Gasteiger partial charge in [-0.1, -0.05) is 54.6 Å². The van der Waals surface area contributed by atoms with Crippen LogP contribution in [0.5, 0.6) is 0 Å². The van der Waals surface area contributed by atoms with Crippen molar-refractivity contribution in [1.82, 2.24) is 4.57 Å². The molecule has 4 aromatic rings. The summed E-state index contributed by atoms with van der Waals surface area (Å²) in [5, 5.41) is 2.83. The number of aromatic nitrogens is 2. The maximum Gasteiger partial charge on any atom is 0.339 e. The molecule has 0 radical (unpaired) electrons. The first-order valence-corrected chi connectivity index (χ1v) is 9.64. The first-order chi connectivity index (χ1) is 14.7. The second-order valence-electron chi connectivity index (χ2n) is 6.93. The van der Waals surface area contributed by atoms with Crippen molar-refractivity contribution in [3.05, 3.63) is 96.3 Å². The van der Waals surface area contributed by atoms with Gasteiger partial charge >= 0.3 is 5.97 Å². The standard InChI is InChI=1S/C24H21N3O3.HI/c1-30-24(29)19-11-5-6-12-20(19)25-23(28)16-27-17-26(15-18-9-3-2-4-10-18)21-13-7-8-14-22(21)27;/h2-14,17H,15-16H2,1H3;1H/p+1. The number of rotatable bonds is 6. The molecule has 4 rings (SSSR count). The van der Waals surface area contributed by atoms with Crippen LogP contribution >= 0.6 is 24.0 Å². The molecule has 3 aromatic carbocycles. The third-order valence-corrected chi connectivity index (χ3v) is 4.90. The molecule has 0 aliphatic carbocycles. The number of ether oxygens (including phenoxy) is 1. The number of methoxy groups -OCH3 is 1. The van der Waals surface area contributed by atoms with Crippen LogP contribution in [0.25, 0.3) is 11.0 Å². The number of halogens is 1. The summed E-state index contributed by atoms with van der Waals surface area (Å²) in [6.45, 7) is 0.832. The maximum atomic E-state index is 12.8. The summed E-state index contributed by atoms with van der Waals surface area (Å²) < 4.78 is 8.83. The summed E-state index contributed by atoms with van der Waals surface area (Å²) in [7, 11) is 1.32. The summed E-state index contributed by atoms with van der Waals surface area (Å²) in [6, 6.07) is 25.0. The summed E-state index contributed by atoms with van der Waals surface area (Å²) in [4.78, 5) is 24.7. The van der Waals surface area contributed by atoms with E-state index >= 15 is 0 Å². The van der Waals surface area contributed by atoms with Gasteiger partial charge in [-0.15, -0.1) is 24.0 Å². The number of benzene rings is 3. The minimum Gasteiger partial charge on any atom is -0.465 e. The van der Waals surface area contributed by atoms with E-state index in [1.54, 1.807) is 24.3 Å². The van der Waals surface area contributed by atoms with E-state index in [-0.39, 0.29) is 36.4 Å². The van der Waals surface area contributed by atoms with Crippen LogP contribution in [-0.4, -0.2) is 23.6 Å². The zero-order valence-electron chi connectivity index (χ0n) is 17.0. The molecule has 0 atom stereocenters. The van der Waals surface area contributed by atoms with Crippen molar-refractivity contribution in [3.8, 4) is 0 Å². The average molecular weight is 528 g/mol. The van der Waals surface area contributed by atoms with Gasteiger partial charge in [-0.05, 0) is 29.8 Å². The van der Waals surface area contributed by atoms with Crippen molar-refractivity contribution < 1.29 is 18.9 Å². The number of nitrogens with zero attached hydrogens (tertiary/aromatic N) is 2. The van der Waals surface area contributed by atoms with Crippen molar-refractivity contribution in [3.63, 3.8) is 0 Å². The van der Waals surface area contributed by atoms with Gasteiger partial charge in [0.2, 0.25) is 6.33 Å². The molecular formula is C24H23IN3O3+. The van der Waals surface area contributed by atoms with Gasteiger partial charge in [0.05, 0.1) is 18.4 Å². The van der Waals surface area contributed by atoms with E-state index in [9.17, 15) is 9.59 Å². The zero-order valence-corrected chi connectivity index (χ0v) is 19.4. The van der Waals surface area contributed by atoms with Gasteiger partial charge in [0.1, 0.15) is 6.54 Å². The minimum absolute atomic E-state index is 0. The van der Waals surface area contributed by atoms with Gasteiger partial charge in [0.25, 0.3) is 5.91 Å². The second kappa shape index (κ2) is 10.2. The average Bonchev–Trinajstić information content (AvgIpc) is 3.11. The first kappa shape index (κ1) is 22.5. The number of amides is 1. The van der Waals surface area contributed by atoms with E-state index in [1.807, 2.05) is 53.4 Å². The van der Waals surface area contributed by atoms with E-state index in [0.717, 1.165) is 11.0 Å². The summed E-state index contributed by atoms with van der Waals surface area (Å²) in [6.07, 6.45) is 1.95. The van der Waals surface area contributed by atoms with Gasteiger partial charge < -0.3 is 10.1 Å². The molecule has 31 heavy (non-hydrogen) atoms. The fourth-order valence-electron chi connectivity index (χ4n) is 3.50. The molecular weight excluding hydrogens is 505 g/mol. The molecule has 7 heteroatoms. The number of hydrogen-bond donors (Lipinski definition) is 1. The molecule has 1 amide bonds. The SMILES string of the molecule is COC(=O)c1ccccc1NC(=O)Cn1c[n+](Cc2ccccc2)c2ccccc21.I. The smallest absolute Gasteiger partial charge is 0.339 e. The van der Waals surface area contributed by atoms with Crippen molar-refractivity contribution >= 4 is 52.6 Å². The third-order valence-electron chi connectivity index (χ3n) is 4.90. The lowest BCUT2D eigenvalue weighted by atomic mass is 10.2. The number of nitrogens with one attached hydrogen (secondary N) is 1. The predicted molar refractivity (Wildman–Crippen MR) is 130 cm³/mol. The summed E-state index contributed by atoms with van der Waals surface area (Å²) in [5.41, 5.74) is 3.95. The lowest BCUT2D eigenvalue weighted by Gasteiger charge is -2.08. The van der Waals surface area contributed by atoms with Crippen molar-refractivity contribution in [2.24, 2.45) is 0 Å². The lowest BCUT2D eigenvalue weighted by molar-refractivity contribution is -0.663. The molecule has 0 saturated carbocycles. The number of imidazole rings is 1. The largest absolute Gasteiger partial charge is 0.465 e. The highest BCUT2D eigenvalue weighted by Gasteiger charge is 2.19. The van der Waals surface area contributed by atoms with Crippen LogP contribution in [0.2, 0.25) is 0 Å². The normalized spacial score (nSPS) is 10.4. The van der Waals surface area contributed by atoms with Crippen LogP contribution in [0.3, 0.4) is 0 Å². The highest BCUT2D eigenvalue weighted by Crippen LogP contribution is 2.17. The van der Waals surface area contributed by atoms with E-state index < -0.39 is 5.97 Å². The second-order valence-corrected chi connectivity index (χ2v) is 6.93. The predicted octanol–water partition coefficient (Wildman–Crippen LogP) is 4.02. The van der Waals surface area contributed by atoms with Crippen molar-refractivity contribution in [2.75, 3.05) is 12.4 Å². The molecule has 1 heterocycles. The Balaban J connectivity index is 0.00000272. The molecule has 0 aliphatic heterocycles. The number of anilines is 1. The van der Waals surface area contributed by atoms with Gasteiger partial charge in [0, 0.05) is 0 Å². The molecule has 0 spiro atoms. The monoisotopic (exact) mass is 528 g/mol. The Morgan fingerprint density at radius 1 is 0.935 bits per heavy atom. The zero-order chi connectivity index (χ0) is 20.9. The van der Waals surface area contributed by atoms with Crippen LogP contribution in [0.4, 0.5) is 5.69 Å². The number of carbonyl (C=O) groups is 2. The van der Waals surface area contributed by atoms with Crippen LogP contribution in [0.15, 0.2) is 85.2 Å². The molecule has 0 saturated heterocycles. The minimum atomic E-state index is -0.488. The molecule has 6 nitrogen and oxygen atoms in total. The maximum absolute atomic E-state index is 12.8. The van der Waals surface area contributed by atoms with Crippen LogP contribution in [-0.2, 0) is 22.6 Å². The number of carbonyl (C=O) groups excluding carboxylic acids is 2. The molecule has 0 aliphatic rings. The Morgan fingerprint density at radius 2 is 1.61 bits per heavy atom. The fourth-order valence-corrected chi connectivity index (χ4v) is 3.50. The van der Waals surface area contributed by atoms with E-state index in [0.29, 0.717) is 17.8 Å². The van der Waals surface area contributed by atoms with Gasteiger partial charge in [-0.25, -0.2) is 13.9 Å². The highest BCUT2D eigenvalue weighted by atomic mass is 127. The topological polar surface area (TPSA) is 64.2 Å². The summed E-state index contributed by atoms with van der Waals surface area (Å²) in [5.74, 6) is -0.711. The van der Waals surface area contributed by atoms with E-state index in [2.05, 4.69) is 22.0 Å². The highest BCUT2D eigenvalue weighted by molar-refractivity contribution is 14.0. The Labute approximate surface area is 197 Å². The number of para-hydroxylation sites is 3. The lowest BCUT2D eigenvalue weighted by Crippen LogP contribution is -2.33. The number of fused-ring (bicyclic) bond motifs is 1. The molecule has 1 aromatic heterocycles. The molecule has 0 unspecified atom stereocenters. The van der Waals surface area contributed by atoms with Crippen LogP contribution in [0.1, 0.15) is 15.9 Å². The Kier molecular flexibility index (Phi) is 7.41. The van der Waals surface area contributed by atoms with Gasteiger partial charge in [-0.2, -0.15) is 0 Å². The van der Waals surface area contributed by atoms with Crippen LogP contribution < -0.4 is 9.88 Å². The van der Waals surface area contributed by atoms with Gasteiger partial charge in [0.15, 0.2) is 17.6 Å². The van der Waals surface area contributed by atoms with E-state index in [4.69, 9.17) is 4.74 Å². The van der Waals surface area contributed by atoms with Crippen molar-refractivity contribution in [1.29, 1.82) is 0 Å². The summed E-state index contributed by atoms with van der Waals surface area (Å²) >= 11 is 0. The molecule has 1 N–H and O–H groups in total. The van der Waals surface area contributed by atoms with E-state index in [1.165, 1.54) is 12.7 Å². The number of hydrogen-bond acceptors (Lipinski definition) is 3. The fraction of sp³-hybridized carbons (Fsp3) is 0.125. The Bertz CT molecular complexity index is 1210.